The normalized spacial score (nSPS) is 13.4. The Morgan fingerprint density at radius 3 is 3.00 bits per heavy atom. The van der Waals surface area contributed by atoms with E-state index in [-0.39, 0.29) is 13.4 Å². The minimum Gasteiger partial charge on any atom is -0.454 e. The Balaban J connectivity index is 2.49. The molecule has 0 bridgehead atoms. The van der Waals surface area contributed by atoms with Crippen molar-refractivity contribution in [3.63, 3.8) is 0 Å². The van der Waals surface area contributed by atoms with Gasteiger partial charge in [-0.15, -0.1) is 0 Å². The van der Waals surface area contributed by atoms with E-state index in [4.69, 9.17) is 26.2 Å². The van der Waals surface area contributed by atoms with Gasteiger partial charge in [-0.3, -0.25) is 0 Å². The summed E-state index contributed by atoms with van der Waals surface area (Å²) in [4.78, 5) is 0. The first-order valence-electron chi connectivity index (χ1n) is 4.42. The molecule has 0 radical (unpaired) electrons. The van der Waals surface area contributed by atoms with Crippen LogP contribution in [0, 0.1) is 6.92 Å². The fraction of sp³-hybridized carbons (Fsp3) is 0.400. The van der Waals surface area contributed by atoms with Gasteiger partial charge in [0.25, 0.3) is 0 Å². The summed E-state index contributed by atoms with van der Waals surface area (Å²) in [6.45, 7) is 2.21. The average molecular weight is 215 g/mol. The van der Waals surface area contributed by atoms with Crippen LogP contribution < -0.4 is 9.47 Å². The van der Waals surface area contributed by atoms with Gasteiger partial charge in [-0.1, -0.05) is 11.6 Å². The van der Waals surface area contributed by atoms with Crippen LogP contribution in [0.3, 0.4) is 0 Å². The topological polar surface area (TPSA) is 38.7 Å². The summed E-state index contributed by atoms with van der Waals surface area (Å²) in [5.41, 5.74) is 1.78. The molecule has 1 aromatic carbocycles. The third kappa shape index (κ3) is 1.42. The number of ether oxygens (including phenoxy) is 2. The molecule has 0 saturated carbocycles. The van der Waals surface area contributed by atoms with Crippen molar-refractivity contribution in [3.8, 4) is 11.5 Å². The Kier molecular flexibility index (Phi) is 2.52. The summed E-state index contributed by atoms with van der Waals surface area (Å²) >= 11 is 6.11. The fourth-order valence-corrected chi connectivity index (χ4v) is 1.79. The molecule has 0 unspecified atom stereocenters. The Hall–Kier alpha value is -0.930. The first kappa shape index (κ1) is 9.62. The number of halogens is 1. The van der Waals surface area contributed by atoms with E-state index in [9.17, 15) is 0 Å². The van der Waals surface area contributed by atoms with Gasteiger partial charge in [0.15, 0.2) is 11.5 Å². The molecule has 3 nitrogen and oxygen atoms in total. The van der Waals surface area contributed by atoms with E-state index in [2.05, 4.69) is 0 Å². The highest BCUT2D eigenvalue weighted by Crippen LogP contribution is 2.41. The summed E-state index contributed by atoms with van der Waals surface area (Å²) in [5, 5.41) is 9.51. The summed E-state index contributed by atoms with van der Waals surface area (Å²) in [6, 6.07) is 1.83. The molecule has 0 spiro atoms. The van der Waals surface area contributed by atoms with Gasteiger partial charge >= 0.3 is 0 Å². The van der Waals surface area contributed by atoms with E-state index in [1.807, 2.05) is 13.0 Å². The molecule has 2 rings (SSSR count). The van der Waals surface area contributed by atoms with Crippen LogP contribution in [0.1, 0.15) is 11.1 Å². The van der Waals surface area contributed by atoms with Gasteiger partial charge in [0, 0.05) is 12.2 Å². The van der Waals surface area contributed by atoms with Crippen LogP contribution >= 0.6 is 11.6 Å². The summed E-state index contributed by atoms with van der Waals surface area (Å²) in [6.07, 6.45) is 0.538. The van der Waals surface area contributed by atoms with Gasteiger partial charge in [-0.05, 0) is 25.0 Å². The van der Waals surface area contributed by atoms with E-state index < -0.39 is 0 Å². The number of benzene rings is 1. The van der Waals surface area contributed by atoms with Crippen molar-refractivity contribution in [2.45, 2.75) is 13.3 Å². The monoisotopic (exact) mass is 214 g/mol. The zero-order valence-electron chi connectivity index (χ0n) is 7.84. The maximum Gasteiger partial charge on any atom is 0.231 e. The SMILES string of the molecule is Cc1c(Cl)c(CCO)cc2c1OCO2. The number of hydrogen-bond donors (Lipinski definition) is 1. The summed E-state index contributed by atoms with van der Waals surface area (Å²) in [7, 11) is 0. The average Bonchev–Trinajstić information content (AvgIpc) is 2.62. The number of rotatable bonds is 2. The van der Waals surface area contributed by atoms with Crippen LogP contribution in [-0.4, -0.2) is 18.5 Å². The van der Waals surface area contributed by atoms with E-state index >= 15 is 0 Å². The molecule has 0 saturated heterocycles. The molecule has 14 heavy (non-hydrogen) atoms. The van der Waals surface area contributed by atoms with Crippen molar-refractivity contribution in [2.75, 3.05) is 13.4 Å². The standard InChI is InChI=1S/C10H11ClO3/c1-6-9(11)7(2-3-12)4-8-10(6)14-5-13-8/h4,12H,2-3,5H2,1H3. The number of aliphatic hydroxyl groups excluding tert-OH is 1. The minimum atomic E-state index is 0.0821. The largest absolute Gasteiger partial charge is 0.454 e. The summed E-state index contributed by atoms with van der Waals surface area (Å²) in [5.74, 6) is 1.44. The molecule has 76 valence electrons. The quantitative estimate of drug-likeness (QED) is 0.818. The van der Waals surface area contributed by atoms with E-state index in [1.165, 1.54) is 0 Å². The first-order chi connectivity index (χ1) is 6.74. The lowest BCUT2D eigenvalue weighted by Crippen LogP contribution is -1.94. The second-order valence-electron chi connectivity index (χ2n) is 3.18. The molecule has 1 aromatic rings. The van der Waals surface area contributed by atoms with E-state index in [1.54, 1.807) is 0 Å². The zero-order valence-corrected chi connectivity index (χ0v) is 8.60. The zero-order chi connectivity index (χ0) is 10.1. The molecule has 1 heterocycles. The lowest BCUT2D eigenvalue weighted by molar-refractivity contribution is 0.173. The summed E-state index contributed by atoms with van der Waals surface area (Å²) < 4.78 is 10.5. The predicted octanol–water partition coefficient (Wildman–Crippen LogP) is 1.91. The maximum absolute atomic E-state index is 8.85. The van der Waals surface area contributed by atoms with Crippen molar-refractivity contribution in [3.05, 3.63) is 22.2 Å². The van der Waals surface area contributed by atoms with Gasteiger partial charge in [0.1, 0.15) is 0 Å². The number of aliphatic hydroxyl groups is 1. The highest BCUT2D eigenvalue weighted by atomic mass is 35.5. The number of hydrogen-bond acceptors (Lipinski definition) is 3. The molecule has 0 atom stereocenters. The molecule has 1 N–H and O–H groups in total. The predicted molar refractivity (Wildman–Crippen MR) is 53.1 cm³/mol. The Bertz CT molecular complexity index is 363. The lowest BCUT2D eigenvalue weighted by Gasteiger charge is -2.08. The second kappa shape index (κ2) is 3.67. The van der Waals surface area contributed by atoms with E-state index in [0.29, 0.717) is 11.4 Å². The Morgan fingerprint density at radius 1 is 1.50 bits per heavy atom. The van der Waals surface area contributed by atoms with Crippen molar-refractivity contribution >= 4 is 11.6 Å². The molecular weight excluding hydrogens is 204 g/mol. The molecule has 0 aromatic heterocycles. The van der Waals surface area contributed by atoms with E-state index in [0.717, 1.165) is 22.6 Å². The van der Waals surface area contributed by atoms with Crippen LogP contribution in [-0.2, 0) is 6.42 Å². The van der Waals surface area contributed by atoms with Crippen LogP contribution in [0.5, 0.6) is 11.5 Å². The third-order valence-electron chi connectivity index (χ3n) is 2.28. The van der Waals surface area contributed by atoms with Crippen LogP contribution in [0.25, 0.3) is 0 Å². The molecule has 1 aliphatic rings. The van der Waals surface area contributed by atoms with Gasteiger partial charge in [0.05, 0.1) is 5.02 Å². The Morgan fingerprint density at radius 2 is 2.29 bits per heavy atom. The van der Waals surface area contributed by atoms with Crippen LogP contribution in [0.4, 0.5) is 0 Å². The van der Waals surface area contributed by atoms with Crippen molar-refractivity contribution in [1.82, 2.24) is 0 Å². The fourth-order valence-electron chi connectivity index (χ4n) is 1.55. The highest BCUT2D eigenvalue weighted by molar-refractivity contribution is 6.32. The Labute approximate surface area is 87.2 Å². The van der Waals surface area contributed by atoms with Gasteiger partial charge in [0.2, 0.25) is 6.79 Å². The first-order valence-corrected chi connectivity index (χ1v) is 4.80. The molecule has 1 aliphatic heterocycles. The third-order valence-corrected chi connectivity index (χ3v) is 2.81. The van der Waals surface area contributed by atoms with Crippen molar-refractivity contribution in [1.29, 1.82) is 0 Å². The highest BCUT2D eigenvalue weighted by Gasteiger charge is 2.20. The van der Waals surface area contributed by atoms with Gasteiger partial charge in [-0.25, -0.2) is 0 Å². The van der Waals surface area contributed by atoms with Crippen LogP contribution in [0.15, 0.2) is 6.07 Å². The maximum atomic E-state index is 8.85. The number of fused-ring (bicyclic) bond motifs is 1. The van der Waals surface area contributed by atoms with Gasteiger partial charge < -0.3 is 14.6 Å². The smallest absolute Gasteiger partial charge is 0.231 e. The second-order valence-corrected chi connectivity index (χ2v) is 3.56. The molecular formula is C10H11ClO3. The molecule has 0 amide bonds. The van der Waals surface area contributed by atoms with Gasteiger partial charge in [-0.2, -0.15) is 0 Å². The molecule has 0 fully saturated rings. The van der Waals surface area contributed by atoms with Crippen molar-refractivity contribution < 1.29 is 14.6 Å². The van der Waals surface area contributed by atoms with Crippen LogP contribution in [0.2, 0.25) is 5.02 Å². The molecule has 0 aliphatic carbocycles. The van der Waals surface area contributed by atoms with Crippen molar-refractivity contribution in [2.24, 2.45) is 0 Å². The molecule has 4 heteroatoms. The lowest BCUT2D eigenvalue weighted by atomic mass is 10.1. The minimum absolute atomic E-state index is 0.0821.